The minimum atomic E-state index is -3.73. The molecule has 2 rings (SSSR count). The van der Waals surface area contributed by atoms with Crippen LogP contribution in [-0.4, -0.2) is 59.7 Å². The highest BCUT2D eigenvalue weighted by molar-refractivity contribution is 7.89. The van der Waals surface area contributed by atoms with Crippen molar-refractivity contribution in [2.24, 2.45) is 11.8 Å². The first-order valence-corrected chi connectivity index (χ1v) is 12.2. The van der Waals surface area contributed by atoms with Gasteiger partial charge in [-0.2, -0.15) is 12.7 Å². The van der Waals surface area contributed by atoms with Gasteiger partial charge in [-0.1, -0.05) is 17.7 Å². The molecule has 10 heteroatoms. The number of esters is 1. The lowest BCUT2D eigenvalue weighted by Crippen LogP contribution is -2.48. The third-order valence-electron chi connectivity index (χ3n) is 5.01. The van der Waals surface area contributed by atoms with E-state index < -0.39 is 38.1 Å². The SMILES string of the molecule is COC(=O)CC1CCN(S(=O)(=O)c2ccc(C)cc2)CC1[C@H](C)OS(C)(=O)=O. The lowest BCUT2D eigenvalue weighted by molar-refractivity contribution is -0.142. The van der Waals surface area contributed by atoms with E-state index in [4.69, 9.17) is 8.92 Å². The maximum Gasteiger partial charge on any atom is 0.305 e. The van der Waals surface area contributed by atoms with E-state index in [-0.39, 0.29) is 30.3 Å². The molecule has 0 aliphatic carbocycles. The normalized spacial score (nSPS) is 22.6. The Hall–Kier alpha value is -1.49. The van der Waals surface area contributed by atoms with Gasteiger partial charge in [0.1, 0.15) is 0 Å². The Balaban J connectivity index is 2.28. The molecule has 0 radical (unpaired) electrons. The average molecular weight is 434 g/mol. The van der Waals surface area contributed by atoms with Crippen LogP contribution in [0.2, 0.25) is 0 Å². The predicted molar refractivity (Wildman–Crippen MR) is 104 cm³/mol. The van der Waals surface area contributed by atoms with Gasteiger partial charge in [0, 0.05) is 25.4 Å². The van der Waals surface area contributed by atoms with Gasteiger partial charge in [0.15, 0.2) is 0 Å². The van der Waals surface area contributed by atoms with Crippen molar-refractivity contribution < 1.29 is 30.6 Å². The molecule has 1 fully saturated rings. The van der Waals surface area contributed by atoms with Gasteiger partial charge in [0.25, 0.3) is 10.1 Å². The summed E-state index contributed by atoms with van der Waals surface area (Å²) in [6.07, 6.45) is 0.655. The van der Waals surface area contributed by atoms with Crippen LogP contribution in [0.15, 0.2) is 29.2 Å². The molecule has 0 N–H and O–H groups in total. The summed E-state index contributed by atoms with van der Waals surface area (Å²) in [6, 6.07) is 6.56. The highest BCUT2D eigenvalue weighted by Crippen LogP contribution is 2.34. The maximum atomic E-state index is 13.0. The zero-order valence-corrected chi connectivity index (χ0v) is 18.1. The Labute approximate surface area is 167 Å². The number of ether oxygens (including phenoxy) is 1. The number of aryl methyl sites for hydroxylation is 1. The average Bonchev–Trinajstić information content (AvgIpc) is 2.60. The zero-order valence-electron chi connectivity index (χ0n) is 16.5. The second-order valence-corrected chi connectivity index (χ2v) is 10.7. The predicted octanol–water partition coefficient (Wildman–Crippen LogP) is 1.55. The lowest BCUT2D eigenvalue weighted by Gasteiger charge is -2.39. The maximum absolute atomic E-state index is 13.0. The number of nitrogens with zero attached hydrogens (tertiary/aromatic N) is 1. The number of sulfonamides is 1. The quantitative estimate of drug-likeness (QED) is 0.474. The molecule has 0 aromatic heterocycles. The first-order valence-electron chi connectivity index (χ1n) is 8.96. The molecular weight excluding hydrogens is 406 g/mol. The van der Waals surface area contributed by atoms with Gasteiger partial charge < -0.3 is 4.74 Å². The largest absolute Gasteiger partial charge is 0.469 e. The van der Waals surface area contributed by atoms with Gasteiger partial charge in [0.05, 0.1) is 24.4 Å². The van der Waals surface area contributed by atoms with Crippen molar-refractivity contribution in [1.82, 2.24) is 4.31 Å². The van der Waals surface area contributed by atoms with Crippen LogP contribution in [0.3, 0.4) is 0 Å². The van der Waals surface area contributed by atoms with Crippen molar-refractivity contribution in [2.45, 2.75) is 37.7 Å². The molecule has 1 aromatic carbocycles. The Bertz CT molecular complexity index is 894. The molecule has 1 aliphatic rings. The summed E-state index contributed by atoms with van der Waals surface area (Å²) < 4.78 is 60.3. The monoisotopic (exact) mass is 433 g/mol. The van der Waals surface area contributed by atoms with Crippen molar-refractivity contribution in [2.75, 3.05) is 26.5 Å². The number of hydrogen-bond acceptors (Lipinski definition) is 7. The first kappa shape index (κ1) is 22.8. The van der Waals surface area contributed by atoms with Crippen LogP contribution < -0.4 is 0 Å². The van der Waals surface area contributed by atoms with E-state index in [0.717, 1.165) is 11.8 Å². The molecule has 2 unspecified atom stereocenters. The smallest absolute Gasteiger partial charge is 0.305 e. The number of rotatable bonds is 7. The lowest BCUT2D eigenvalue weighted by atomic mass is 9.81. The molecule has 0 saturated carbocycles. The van der Waals surface area contributed by atoms with Gasteiger partial charge in [-0.05, 0) is 38.3 Å². The van der Waals surface area contributed by atoms with Crippen molar-refractivity contribution in [3.8, 4) is 0 Å². The van der Waals surface area contributed by atoms with Gasteiger partial charge in [-0.25, -0.2) is 8.42 Å². The summed E-state index contributed by atoms with van der Waals surface area (Å²) >= 11 is 0. The van der Waals surface area contributed by atoms with Crippen LogP contribution in [0.1, 0.15) is 25.3 Å². The van der Waals surface area contributed by atoms with Crippen molar-refractivity contribution in [3.05, 3.63) is 29.8 Å². The number of methoxy groups -OCH3 is 1. The number of piperidine rings is 1. The Morgan fingerprint density at radius 2 is 1.82 bits per heavy atom. The topological polar surface area (TPSA) is 107 Å². The summed E-state index contributed by atoms with van der Waals surface area (Å²) in [7, 11) is -6.18. The van der Waals surface area contributed by atoms with E-state index in [1.807, 2.05) is 6.92 Å². The number of hydrogen-bond donors (Lipinski definition) is 0. The number of benzene rings is 1. The first-order chi connectivity index (χ1) is 12.9. The molecule has 1 aromatic rings. The third-order valence-corrected chi connectivity index (χ3v) is 7.55. The van der Waals surface area contributed by atoms with E-state index in [2.05, 4.69) is 0 Å². The second kappa shape index (κ2) is 8.89. The van der Waals surface area contributed by atoms with E-state index in [1.165, 1.54) is 11.4 Å². The summed E-state index contributed by atoms with van der Waals surface area (Å²) in [4.78, 5) is 11.9. The molecule has 0 spiro atoms. The standard InChI is InChI=1S/C18H27NO7S2/c1-13-5-7-16(8-6-13)28(23,24)19-10-9-15(11-18(20)25-3)17(12-19)14(2)26-27(4,21)22/h5-8,14-15,17H,9-12H2,1-4H3/t14-,15?,17?/m0/s1. The van der Waals surface area contributed by atoms with Crippen LogP contribution in [0.4, 0.5) is 0 Å². The van der Waals surface area contributed by atoms with Crippen molar-refractivity contribution >= 4 is 26.1 Å². The Kier molecular flexibility index (Phi) is 7.24. The van der Waals surface area contributed by atoms with Crippen molar-refractivity contribution in [1.29, 1.82) is 0 Å². The summed E-state index contributed by atoms with van der Waals surface area (Å²) in [5, 5.41) is 0. The van der Waals surface area contributed by atoms with E-state index in [1.54, 1.807) is 31.2 Å². The highest BCUT2D eigenvalue weighted by Gasteiger charge is 2.40. The molecule has 158 valence electrons. The van der Waals surface area contributed by atoms with Gasteiger partial charge in [0.2, 0.25) is 10.0 Å². The second-order valence-electron chi connectivity index (χ2n) is 7.17. The van der Waals surface area contributed by atoms with E-state index in [0.29, 0.717) is 6.42 Å². The minimum Gasteiger partial charge on any atom is -0.469 e. The van der Waals surface area contributed by atoms with Crippen molar-refractivity contribution in [3.63, 3.8) is 0 Å². The van der Waals surface area contributed by atoms with Gasteiger partial charge in [-0.3, -0.25) is 8.98 Å². The van der Waals surface area contributed by atoms with Gasteiger partial charge in [-0.15, -0.1) is 0 Å². The Morgan fingerprint density at radius 3 is 2.36 bits per heavy atom. The van der Waals surface area contributed by atoms with Crippen LogP contribution in [0.25, 0.3) is 0 Å². The fourth-order valence-electron chi connectivity index (χ4n) is 3.51. The fourth-order valence-corrected chi connectivity index (χ4v) is 5.69. The van der Waals surface area contributed by atoms with Crippen LogP contribution in [0, 0.1) is 18.8 Å². The third kappa shape index (κ3) is 5.76. The van der Waals surface area contributed by atoms with E-state index >= 15 is 0 Å². The molecule has 1 saturated heterocycles. The van der Waals surface area contributed by atoms with E-state index in [9.17, 15) is 21.6 Å². The summed E-state index contributed by atoms with van der Waals surface area (Å²) in [5.74, 6) is -1.13. The summed E-state index contributed by atoms with van der Waals surface area (Å²) in [5.41, 5.74) is 0.948. The molecule has 1 heterocycles. The minimum absolute atomic E-state index is 0.0640. The molecule has 8 nitrogen and oxygen atoms in total. The summed E-state index contributed by atoms with van der Waals surface area (Å²) in [6.45, 7) is 3.75. The van der Waals surface area contributed by atoms with Crippen LogP contribution >= 0.6 is 0 Å². The molecule has 28 heavy (non-hydrogen) atoms. The molecule has 3 atom stereocenters. The molecule has 1 aliphatic heterocycles. The number of carbonyl (C=O) groups is 1. The highest BCUT2D eigenvalue weighted by atomic mass is 32.2. The fraction of sp³-hybridized carbons (Fsp3) is 0.611. The zero-order chi connectivity index (χ0) is 21.1. The number of carbonyl (C=O) groups excluding carboxylic acids is 1. The Morgan fingerprint density at radius 1 is 1.21 bits per heavy atom. The van der Waals surface area contributed by atoms with Gasteiger partial charge >= 0.3 is 5.97 Å². The molecule has 0 amide bonds. The van der Waals surface area contributed by atoms with Crippen LogP contribution in [-0.2, 0) is 33.9 Å². The van der Waals surface area contributed by atoms with Crippen LogP contribution in [0.5, 0.6) is 0 Å². The molecular formula is C18H27NO7S2. The molecule has 0 bridgehead atoms.